The fraction of sp³-hybridized carbons (Fsp3) is 1.00. The fourth-order valence-electron chi connectivity index (χ4n) is 1.54. The Morgan fingerprint density at radius 1 is 1.58 bits per heavy atom. The molecule has 1 saturated heterocycles. The average Bonchev–Trinajstić information content (AvgIpc) is 2.08. The lowest BCUT2D eigenvalue weighted by molar-refractivity contribution is -0.230. The van der Waals surface area contributed by atoms with Crippen molar-refractivity contribution in [1.29, 1.82) is 1.43 Å². The third kappa shape index (κ3) is 1.95. The molecule has 0 aliphatic carbocycles. The molecule has 0 aromatic carbocycles. The highest BCUT2D eigenvalue weighted by Crippen LogP contribution is 2.21. The van der Waals surface area contributed by atoms with E-state index in [0.717, 1.165) is 6.42 Å². The summed E-state index contributed by atoms with van der Waals surface area (Å²) in [5.41, 5.74) is 0. The van der Waals surface area contributed by atoms with Gasteiger partial charge in [-0.2, -0.15) is 0 Å². The van der Waals surface area contributed by atoms with Gasteiger partial charge in [0.2, 0.25) is 1.43 Å². The number of hydrogen-bond acceptors (Lipinski definition) is 4. The number of ether oxygens (including phenoxy) is 1. The van der Waals surface area contributed by atoms with E-state index in [1.165, 1.54) is 0 Å². The van der Waals surface area contributed by atoms with Gasteiger partial charge in [-0.05, 0) is 27.4 Å². The Kier molecular flexibility index (Phi) is 2.60. The van der Waals surface area contributed by atoms with Crippen molar-refractivity contribution in [2.45, 2.75) is 37.9 Å². The minimum atomic E-state index is -0.823. The minimum absolute atomic E-state index is 0.000833. The van der Waals surface area contributed by atoms with Crippen molar-refractivity contribution in [3.05, 3.63) is 0 Å². The van der Waals surface area contributed by atoms with Gasteiger partial charge >= 0.3 is 0 Å². The second-order valence-corrected chi connectivity index (χ2v) is 3.57. The van der Waals surface area contributed by atoms with Crippen molar-refractivity contribution in [2.24, 2.45) is 0 Å². The first-order valence-corrected chi connectivity index (χ1v) is 4.18. The first-order chi connectivity index (χ1) is 6.06. The van der Waals surface area contributed by atoms with Crippen molar-refractivity contribution < 1.29 is 15.0 Å². The number of aliphatic hydroxyl groups excluding tert-OH is 2. The van der Waals surface area contributed by atoms with E-state index in [1.807, 2.05) is 25.9 Å². The quantitative estimate of drug-likeness (QED) is 0.591. The minimum Gasteiger partial charge on any atom is -0.386 e. The van der Waals surface area contributed by atoms with E-state index in [9.17, 15) is 5.11 Å². The maximum Gasteiger partial charge on any atom is 0.213 e. The molecule has 1 aliphatic heterocycles. The van der Waals surface area contributed by atoms with E-state index in [2.05, 4.69) is 5.11 Å². The molecule has 1 aliphatic rings. The van der Waals surface area contributed by atoms with Gasteiger partial charge in [-0.3, -0.25) is 0 Å². The zero-order valence-electron chi connectivity index (χ0n) is 8.73. The number of nitrogens with zero attached hydrogens (tertiary/aromatic N) is 1. The molecule has 0 radical (unpaired) electrons. The topological polar surface area (TPSA) is 52.9 Å². The molecule has 1 rings (SSSR count). The second-order valence-electron chi connectivity index (χ2n) is 3.57. The number of likely N-dealkylation sites (N-methyl/N-ethyl adjacent to an activating group) is 1. The maximum atomic E-state index is 9.71. The molecule has 4 atom stereocenters. The van der Waals surface area contributed by atoms with Crippen molar-refractivity contribution in [3.63, 3.8) is 0 Å². The summed E-state index contributed by atoms with van der Waals surface area (Å²) in [6, 6.07) is -0.000833. The lowest BCUT2D eigenvalue weighted by atomic mass is 9.99. The normalized spacial score (nSPS) is 44.6. The van der Waals surface area contributed by atoms with Gasteiger partial charge in [0.25, 0.3) is 0 Å². The number of hydrogen-bond donors (Lipinski definition) is 2. The maximum absolute atomic E-state index is 9.71. The summed E-state index contributed by atoms with van der Waals surface area (Å²) >= 11 is 0. The summed E-state index contributed by atoms with van der Waals surface area (Å²) in [4.78, 5) is 1.93. The van der Waals surface area contributed by atoms with Gasteiger partial charge in [0.1, 0.15) is 6.10 Å². The summed E-state index contributed by atoms with van der Waals surface area (Å²) in [5, 5.41) is 14.0. The summed E-state index contributed by atoms with van der Waals surface area (Å²) in [7, 11) is 3.79. The van der Waals surface area contributed by atoms with E-state index in [1.54, 1.807) is 0 Å². The Labute approximate surface area is 74.2 Å². The van der Waals surface area contributed by atoms with Crippen LogP contribution in [0.1, 0.15) is 13.3 Å². The van der Waals surface area contributed by atoms with Crippen LogP contribution in [0.3, 0.4) is 0 Å². The SMILES string of the molecule is [3H]O[C@H]1OC(C)C[C@H](N(C)C)C1O. The van der Waals surface area contributed by atoms with Gasteiger partial charge in [-0.1, -0.05) is 0 Å². The highest BCUT2D eigenvalue weighted by atomic mass is 16.6. The summed E-state index contributed by atoms with van der Waals surface area (Å²) < 4.78 is 12.0. The van der Waals surface area contributed by atoms with E-state index in [-0.39, 0.29) is 12.1 Å². The number of aliphatic hydroxyl groups is 2. The molecular weight excluding hydrogens is 158 g/mol. The molecule has 2 unspecified atom stereocenters. The lowest BCUT2D eigenvalue weighted by Crippen LogP contribution is -2.53. The molecular formula is C8H17NO3. The average molecular weight is 177 g/mol. The summed E-state index contributed by atoms with van der Waals surface area (Å²) in [6.45, 7) is 1.91. The molecule has 1 heterocycles. The zero-order chi connectivity index (χ0) is 10.0. The monoisotopic (exact) mass is 177 g/mol. The van der Waals surface area contributed by atoms with Gasteiger partial charge in [0.05, 0.1) is 6.10 Å². The molecule has 0 aromatic rings. The van der Waals surface area contributed by atoms with E-state index < -0.39 is 12.4 Å². The number of rotatable bonds is 2. The van der Waals surface area contributed by atoms with Crippen molar-refractivity contribution in [1.82, 2.24) is 4.90 Å². The van der Waals surface area contributed by atoms with Crippen LogP contribution in [-0.4, -0.2) is 55.2 Å². The Hall–Kier alpha value is -0.160. The Bertz CT molecular complexity index is 167. The van der Waals surface area contributed by atoms with Crippen LogP contribution in [0, 0.1) is 0 Å². The molecule has 4 nitrogen and oxygen atoms in total. The molecule has 4 heteroatoms. The standard InChI is InChI=1S/C8H17NO3/c1-5-4-6(9(2)3)7(10)8(11)12-5/h5-8,10-11H,4H2,1-3H3/t5?,6-,7?,8-/m0/s1/i11T. The van der Waals surface area contributed by atoms with Crippen LogP contribution in [0.2, 0.25) is 0 Å². The smallest absolute Gasteiger partial charge is 0.213 e. The second kappa shape index (κ2) is 3.70. The van der Waals surface area contributed by atoms with Crippen LogP contribution in [0.4, 0.5) is 0 Å². The lowest BCUT2D eigenvalue weighted by Gasteiger charge is -2.38. The predicted octanol–water partition coefficient (Wildman–Crippen LogP) is -0.595. The molecule has 0 bridgehead atoms. The van der Waals surface area contributed by atoms with Crippen LogP contribution in [0.25, 0.3) is 0 Å². The third-order valence-electron chi connectivity index (χ3n) is 2.28. The molecule has 72 valence electrons. The molecule has 0 spiro atoms. The van der Waals surface area contributed by atoms with Gasteiger partial charge in [-0.15, -0.1) is 0 Å². The van der Waals surface area contributed by atoms with E-state index >= 15 is 0 Å². The van der Waals surface area contributed by atoms with Gasteiger partial charge in [0.15, 0.2) is 6.29 Å². The largest absolute Gasteiger partial charge is 0.386 e. The Morgan fingerprint density at radius 3 is 2.75 bits per heavy atom. The zero-order valence-corrected chi connectivity index (χ0v) is 7.73. The third-order valence-corrected chi connectivity index (χ3v) is 2.28. The first-order valence-electron chi connectivity index (χ1n) is 4.59. The van der Waals surface area contributed by atoms with Crippen molar-refractivity contribution in [2.75, 3.05) is 14.1 Å². The molecule has 0 aromatic heterocycles. The molecule has 12 heavy (non-hydrogen) atoms. The van der Waals surface area contributed by atoms with Crippen LogP contribution in [0.5, 0.6) is 0 Å². The van der Waals surface area contributed by atoms with Gasteiger partial charge in [0, 0.05) is 6.04 Å². The van der Waals surface area contributed by atoms with Crippen LogP contribution >= 0.6 is 0 Å². The van der Waals surface area contributed by atoms with Crippen LogP contribution < -0.4 is 0 Å². The van der Waals surface area contributed by atoms with Gasteiger partial charge in [-0.25, -0.2) is 0 Å². The first kappa shape index (κ1) is 8.44. The molecule has 1 fully saturated rings. The predicted molar refractivity (Wildman–Crippen MR) is 44.7 cm³/mol. The Balaban J connectivity index is 2.63. The summed E-state index contributed by atoms with van der Waals surface area (Å²) in [5.74, 6) is 0. The molecule has 0 amide bonds. The van der Waals surface area contributed by atoms with Crippen molar-refractivity contribution in [3.8, 4) is 0 Å². The summed E-state index contributed by atoms with van der Waals surface area (Å²) in [6.07, 6.45) is -0.792. The van der Waals surface area contributed by atoms with E-state index in [4.69, 9.17) is 6.17 Å². The molecule has 2 N–H and O–H groups in total. The fourth-order valence-corrected chi connectivity index (χ4v) is 1.54. The van der Waals surface area contributed by atoms with Crippen LogP contribution in [0.15, 0.2) is 0 Å². The highest BCUT2D eigenvalue weighted by molar-refractivity contribution is 4.84. The van der Waals surface area contributed by atoms with Gasteiger partial charge < -0.3 is 19.9 Å². The molecule has 0 saturated carbocycles. The van der Waals surface area contributed by atoms with Crippen LogP contribution in [-0.2, 0) is 4.74 Å². The highest BCUT2D eigenvalue weighted by Gasteiger charge is 2.35. The van der Waals surface area contributed by atoms with E-state index in [0.29, 0.717) is 0 Å². The van der Waals surface area contributed by atoms with Crippen molar-refractivity contribution >= 4 is 0 Å². The Morgan fingerprint density at radius 2 is 2.25 bits per heavy atom.